The van der Waals surface area contributed by atoms with Crippen molar-refractivity contribution in [3.05, 3.63) is 35.9 Å². The first-order valence-electron chi connectivity index (χ1n) is 6.70. The minimum absolute atomic E-state index is 0.474. The van der Waals surface area contributed by atoms with Gasteiger partial charge in [0.25, 0.3) is 0 Å². The molecule has 1 heterocycles. The molecule has 0 saturated carbocycles. The van der Waals surface area contributed by atoms with Crippen molar-refractivity contribution >= 4 is 0 Å². The largest absolute Gasteiger partial charge is 0.381 e. The molecule has 0 aromatic heterocycles. The molecule has 0 radical (unpaired) electrons. The van der Waals surface area contributed by atoms with Crippen molar-refractivity contribution in [2.75, 3.05) is 13.2 Å². The van der Waals surface area contributed by atoms with Crippen LogP contribution >= 0.6 is 0 Å². The summed E-state index contributed by atoms with van der Waals surface area (Å²) in [6, 6.07) is 11.8. The maximum atomic E-state index is 5.49. The van der Waals surface area contributed by atoms with Crippen molar-refractivity contribution in [3.63, 3.8) is 0 Å². The predicted molar refractivity (Wildman–Crippen MR) is 71.0 cm³/mol. The summed E-state index contributed by atoms with van der Waals surface area (Å²) in [5.74, 6) is 0.613. The molecule has 3 unspecified atom stereocenters. The molecule has 2 rings (SSSR count). The van der Waals surface area contributed by atoms with Crippen LogP contribution in [0.1, 0.15) is 38.3 Å². The van der Waals surface area contributed by atoms with Crippen molar-refractivity contribution in [3.8, 4) is 0 Å². The molecule has 0 aliphatic carbocycles. The Balaban J connectivity index is 1.99. The SMILES string of the molecule is CCC(NC1CCOCC1C)c1ccccc1. The van der Waals surface area contributed by atoms with E-state index in [0.717, 1.165) is 26.1 Å². The third kappa shape index (κ3) is 3.30. The van der Waals surface area contributed by atoms with Crippen LogP contribution in [0.25, 0.3) is 0 Å². The first kappa shape index (κ1) is 12.6. The maximum absolute atomic E-state index is 5.49. The van der Waals surface area contributed by atoms with Crippen LogP contribution in [0.5, 0.6) is 0 Å². The molecule has 1 saturated heterocycles. The van der Waals surface area contributed by atoms with Gasteiger partial charge in [-0.2, -0.15) is 0 Å². The lowest BCUT2D eigenvalue weighted by Gasteiger charge is -2.33. The number of hydrogen-bond acceptors (Lipinski definition) is 2. The minimum Gasteiger partial charge on any atom is -0.381 e. The fourth-order valence-corrected chi connectivity index (χ4v) is 2.52. The van der Waals surface area contributed by atoms with E-state index in [0.29, 0.717) is 18.0 Å². The molecule has 1 N–H and O–H groups in total. The second-order valence-electron chi connectivity index (χ2n) is 4.99. The van der Waals surface area contributed by atoms with Gasteiger partial charge in [-0.15, -0.1) is 0 Å². The maximum Gasteiger partial charge on any atom is 0.0506 e. The summed E-state index contributed by atoms with van der Waals surface area (Å²) in [4.78, 5) is 0. The molecule has 17 heavy (non-hydrogen) atoms. The first-order valence-corrected chi connectivity index (χ1v) is 6.70. The van der Waals surface area contributed by atoms with Gasteiger partial charge in [-0.25, -0.2) is 0 Å². The van der Waals surface area contributed by atoms with E-state index in [4.69, 9.17) is 4.74 Å². The van der Waals surface area contributed by atoms with Crippen molar-refractivity contribution in [1.82, 2.24) is 5.32 Å². The van der Waals surface area contributed by atoms with Gasteiger partial charge in [-0.05, 0) is 24.3 Å². The monoisotopic (exact) mass is 233 g/mol. The molecule has 94 valence electrons. The molecule has 0 amide bonds. The second kappa shape index (κ2) is 6.18. The van der Waals surface area contributed by atoms with Crippen molar-refractivity contribution < 1.29 is 4.74 Å². The lowest BCUT2D eigenvalue weighted by atomic mass is 9.95. The van der Waals surface area contributed by atoms with Crippen LogP contribution in [-0.4, -0.2) is 19.3 Å². The summed E-state index contributed by atoms with van der Waals surface area (Å²) in [7, 11) is 0. The second-order valence-corrected chi connectivity index (χ2v) is 4.99. The van der Waals surface area contributed by atoms with Crippen LogP contribution in [-0.2, 0) is 4.74 Å². The van der Waals surface area contributed by atoms with E-state index in [9.17, 15) is 0 Å². The number of nitrogens with one attached hydrogen (secondary N) is 1. The summed E-state index contributed by atoms with van der Waals surface area (Å²) in [6.45, 7) is 6.30. The van der Waals surface area contributed by atoms with E-state index in [2.05, 4.69) is 49.5 Å². The summed E-state index contributed by atoms with van der Waals surface area (Å²) in [5.41, 5.74) is 1.40. The quantitative estimate of drug-likeness (QED) is 0.862. The zero-order chi connectivity index (χ0) is 12.1. The third-order valence-electron chi connectivity index (χ3n) is 3.67. The lowest BCUT2D eigenvalue weighted by molar-refractivity contribution is 0.0355. The fourth-order valence-electron chi connectivity index (χ4n) is 2.52. The van der Waals surface area contributed by atoms with Crippen LogP contribution in [0.3, 0.4) is 0 Å². The average Bonchev–Trinajstić information content (AvgIpc) is 2.39. The molecule has 1 aromatic rings. The van der Waals surface area contributed by atoms with Crippen molar-refractivity contribution in [2.45, 2.75) is 38.8 Å². The molecular formula is C15H23NO. The van der Waals surface area contributed by atoms with Gasteiger partial charge in [0.05, 0.1) is 6.61 Å². The van der Waals surface area contributed by atoms with Gasteiger partial charge in [-0.3, -0.25) is 0 Å². The summed E-state index contributed by atoms with van der Waals surface area (Å²) >= 11 is 0. The fraction of sp³-hybridized carbons (Fsp3) is 0.600. The summed E-state index contributed by atoms with van der Waals surface area (Å²) < 4.78 is 5.49. The van der Waals surface area contributed by atoms with Gasteiger partial charge < -0.3 is 10.1 Å². The van der Waals surface area contributed by atoms with Gasteiger partial charge in [-0.1, -0.05) is 44.2 Å². The van der Waals surface area contributed by atoms with Crippen LogP contribution in [0.4, 0.5) is 0 Å². The van der Waals surface area contributed by atoms with Crippen LogP contribution in [0, 0.1) is 5.92 Å². The van der Waals surface area contributed by atoms with E-state index in [-0.39, 0.29) is 0 Å². The van der Waals surface area contributed by atoms with E-state index in [1.54, 1.807) is 0 Å². The first-order chi connectivity index (χ1) is 8.31. The molecule has 2 heteroatoms. The summed E-state index contributed by atoms with van der Waals surface area (Å²) in [6.07, 6.45) is 2.26. The predicted octanol–water partition coefficient (Wildman–Crippen LogP) is 3.15. The summed E-state index contributed by atoms with van der Waals surface area (Å²) in [5, 5.41) is 3.79. The van der Waals surface area contributed by atoms with Gasteiger partial charge >= 0.3 is 0 Å². The van der Waals surface area contributed by atoms with E-state index >= 15 is 0 Å². The molecule has 1 aliphatic rings. The molecule has 1 fully saturated rings. The van der Waals surface area contributed by atoms with Gasteiger partial charge in [0.1, 0.15) is 0 Å². The number of rotatable bonds is 4. The highest BCUT2D eigenvalue weighted by Gasteiger charge is 2.24. The van der Waals surface area contributed by atoms with E-state index < -0.39 is 0 Å². The van der Waals surface area contributed by atoms with E-state index in [1.807, 2.05) is 0 Å². The molecule has 1 aliphatic heterocycles. The Kier molecular flexibility index (Phi) is 4.57. The Morgan fingerprint density at radius 3 is 2.76 bits per heavy atom. The van der Waals surface area contributed by atoms with Crippen LogP contribution < -0.4 is 5.32 Å². The van der Waals surface area contributed by atoms with Gasteiger partial charge in [0.15, 0.2) is 0 Å². The number of benzene rings is 1. The van der Waals surface area contributed by atoms with Crippen LogP contribution in [0.2, 0.25) is 0 Å². The molecule has 1 aromatic carbocycles. The normalized spacial score (nSPS) is 26.7. The molecule has 3 atom stereocenters. The van der Waals surface area contributed by atoms with Gasteiger partial charge in [0.2, 0.25) is 0 Å². The number of hydrogen-bond donors (Lipinski definition) is 1. The lowest BCUT2D eigenvalue weighted by Crippen LogP contribution is -2.43. The third-order valence-corrected chi connectivity index (χ3v) is 3.67. The number of ether oxygens (including phenoxy) is 1. The molecule has 2 nitrogen and oxygen atoms in total. The van der Waals surface area contributed by atoms with Crippen molar-refractivity contribution in [2.24, 2.45) is 5.92 Å². The Morgan fingerprint density at radius 2 is 2.12 bits per heavy atom. The Labute approximate surface area is 104 Å². The Bertz CT molecular complexity index is 325. The molecular weight excluding hydrogens is 210 g/mol. The molecule has 0 bridgehead atoms. The van der Waals surface area contributed by atoms with Crippen molar-refractivity contribution in [1.29, 1.82) is 0 Å². The Morgan fingerprint density at radius 1 is 1.35 bits per heavy atom. The highest BCUT2D eigenvalue weighted by atomic mass is 16.5. The minimum atomic E-state index is 0.474. The zero-order valence-electron chi connectivity index (χ0n) is 10.9. The Hall–Kier alpha value is -0.860. The highest BCUT2D eigenvalue weighted by molar-refractivity contribution is 5.18. The zero-order valence-corrected chi connectivity index (χ0v) is 10.9. The highest BCUT2D eigenvalue weighted by Crippen LogP contribution is 2.21. The topological polar surface area (TPSA) is 21.3 Å². The van der Waals surface area contributed by atoms with Gasteiger partial charge in [0, 0.05) is 18.7 Å². The average molecular weight is 233 g/mol. The van der Waals surface area contributed by atoms with Crippen LogP contribution in [0.15, 0.2) is 30.3 Å². The van der Waals surface area contributed by atoms with E-state index in [1.165, 1.54) is 5.56 Å². The standard InChI is InChI=1S/C15H23NO/c1-3-14(13-7-5-4-6-8-13)16-15-9-10-17-11-12(15)2/h4-8,12,14-16H,3,9-11H2,1-2H3. The smallest absolute Gasteiger partial charge is 0.0506 e. The molecule has 0 spiro atoms.